The van der Waals surface area contributed by atoms with Crippen molar-refractivity contribution in [3.8, 4) is 17.0 Å². The van der Waals surface area contributed by atoms with Crippen LogP contribution in [0.25, 0.3) is 16.9 Å². The molecular formula is C35H35N7O5. The number of pyridine rings is 1. The van der Waals surface area contributed by atoms with Gasteiger partial charge < -0.3 is 34.9 Å². The van der Waals surface area contributed by atoms with Crippen molar-refractivity contribution in [2.24, 2.45) is 17.6 Å². The molecule has 1 amide bonds. The third kappa shape index (κ3) is 5.75. The van der Waals surface area contributed by atoms with Crippen LogP contribution >= 0.6 is 0 Å². The molecule has 1 aliphatic carbocycles. The Morgan fingerprint density at radius 3 is 2.55 bits per heavy atom. The molecule has 3 aliphatic rings. The van der Waals surface area contributed by atoms with Crippen LogP contribution < -0.4 is 20.7 Å². The van der Waals surface area contributed by atoms with Gasteiger partial charge in [-0.3, -0.25) is 9.78 Å². The van der Waals surface area contributed by atoms with Crippen molar-refractivity contribution in [3.63, 3.8) is 0 Å². The first kappa shape index (κ1) is 29.4. The normalized spacial score (nSPS) is 20.3. The molecule has 240 valence electrons. The lowest BCUT2D eigenvalue weighted by Crippen LogP contribution is -2.33. The zero-order valence-electron chi connectivity index (χ0n) is 25.9. The molecule has 12 nitrogen and oxygen atoms in total. The summed E-state index contributed by atoms with van der Waals surface area (Å²) in [6.45, 7) is 3.39. The molecule has 2 atom stereocenters. The number of nitrogens with zero attached hydrogens (tertiary/aromatic N) is 5. The second kappa shape index (κ2) is 12.3. The summed E-state index contributed by atoms with van der Waals surface area (Å²) in [4.78, 5) is 24.1. The Morgan fingerprint density at radius 1 is 1.02 bits per heavy atom. The molecule has 2 saturated heterocycles. The molecule has 0 radical (unpaired) electrons. The van der Waals surface area contributed by atoms with Gasteiger partial charge in [0.1, 0.15) is 11.4 Å². The van der Waals surface area contributed by atoms with Crippen LogP contribution in [0.5, 0.6) is 5.75 Å². The van der Waals surface area contributed by atoms with Crippen LogP contribution in [0, 0.1) is 11.8 Å². The van der Waals surface area contributed by atoms with Crippen molar-refractivity contribution in [3.05, 3.63) is 95.9 Å². The molecule has 3 N–H and O–H groups in total. The Kier molecular flexibility index (Phi) is 7.68. The van der Waals surface area contributed by atoms with Crippen molar-refractivity contribution < 1.29 is 23.7 Å². The molecule has 3 aromatic heterocycles. The third-order valence-corrected chi connectivity index (χ3v) is 9.19. The predicted molar refractivity (Wildman–Crippen MR) is 175 cm³/mol. The van der Waals surface area contributed by atoms with Crippen molar-refractivity contribution in [1.29, 1.82) is 0 Å². The van der Waals surface area contributed by atoms with E-state index in [1.54, 1.807) is 17.8 Å². The summed E-state index contributed by atoms with van der Waals surface area (Å²) in [7, 11) is 1.67. The van der Waals surface area contributed by atoms with Gasteiger partial charge in [0.05, 0.1) is 51.1 Å². The van der Waals surface area contributed by atoms with E-state index in [0.29, 0.717) is 42.6 Å². The zero-order chi connectivity index (χ0) is 31.9. The highest BCUT2D eigenvalue weighted by molar-refractivity contribution is 5.92. The summed E-state index contributed by atoms with van der Waals surface area (Å²) in [6, 6.07) is 22.4. The van der Waals surface area contributed by atoms with Crippen LogP contribution in [0.4, 0.5) is 17.2 Å². The van der Waals surface area contributed by atoms with Crippen molar-refractivity contribution in [2.45, 2.75) is 18.8 Å². The van der Waals surface area contributed by atoms with E-state index in [2.05, 4.69) is 32.3 Å². The Balaban J connectivity index is 1.12. The number of amides is 1. The number of primary amides is 1. The summed E-state index contributed by atoms with van der Waals surface area (Å²) in [5, 5.41) is 8.24. The van der Waals surface area contributed by atoms with E-state index in [9.17, 15) is 4.79 Å². The van der Waals surface area contributed by atoms with E-state index in [-0.39, 0.29) is 12.0 Å². The van der Waals surface area contributed by atoms with Crippen LogP contribution in [-0.4, -0.2) is 71.6 Å². The third-order valence-electron chi connectivity index (χ3n) is 9.19. The minimum atomic E-state index is -0.598. The molecule has 8 rings (SSSR count). The lowest BCUT2D eigenvalue weighted by atomic mass is 10.1. The molecule has 5 aromatic rings. The Hall–Kier alpha value is -5.04. The number of imidazole rings is 1. The standard InChI is InChI=1S/C35H35N7O5/c1-44-25-8-5-21(6-9-25)11-12-41(32-26-19-45-20-27(26)32)29-16-31(40-42-30(33(36)43)18-38-34(29)42)39-24-4-2-3-22(15-24)28-10-7-23(17-37-28)35-46-13-14-47-35/h2-10,15-18,26-27,32,35H,11-14,19-20H2,1H3,(H2,36,43)(H,39,40). The second-order valence-electron chi connectivity index (χ2n) is 12.1. The molecule has 2 unspecified atom stereocenters. The number of hydrogen-bond donors (Lipinski definition) is 2. The SMILES string of the molecule is COc1ccc(CCN(c2cc(Nc3cccc(-c4ccc(C5OCCO5)cn4)c3)nn3c(C(N)=O)cnc23)C2C3COCC32)cc1. The summed E-state index contributed by atoms with van der Waals surface area (Å²) in [5.41, 5.74) is 12.1. The minimum Gasteiger partial charge on any atom is -0.497 e. The number of nitrogens with one attached hydrogen (secondary N) is 1. The van der Waals surface area contributed by atoms with E-state index >= 15 is 0 Å². The first-order valence-corrected chi connectivity index (χ1v) is 15.8. The number of fused-ring (bicyclic) bond motifs is 2. The number of anilines is 3. The van der Waals surface area contributed by atoms with Gasteiger partial charge in [0.25, 0.3) is 5.91 Å². The number of benzene rings is 2. The van der Waals surface area contributed by atoms with E-state index in [1.807, 2.05) is 54.6 Å². The van der Waals surface area contributed by atoms with Gasteiger partial charge in [-0.25, -0.2) is 9.50 Å². The lowest BCUT2D eigenvalue weighted by molar-refractivity contribution is -0.0443. The average Bonchev–Trinajstić information content (AvgIpc) is 3.62. The maximum atomic E-state index is 12.4. The lowest BCUT2D eigenvalue weighted by Gasteiger charge is -2.28. The van der Waals surface area contributed by atoms with E-state index in [4.69, 9.17) is 29.8 Å². The molecule has 1 saturated carbocycles. The molecule has 2 aliphatic heterocycles. The average molecular weight is 634 g/mol. The quantitative estimate of drug-likeness (QED) is 0.216. The van der Waals surface area contributed by atoms with E-state index in [0.717, 1.165) is 60.1 Å². The largest absolute Gasteiger partial charge is 0.497 e. The smallest absolute Gasteiger partial charge is 0.269 e. The number of rotatable bonds is 11. The highest BCUT2D eigenvalue weighted by Gasteiger charge is 2.57. The maximum absolute atomic E-state index is 12.4. The number of methoxy groups -OCH3 is 1. The zero-order valence-corrected chi connectivity index (χ0v) is 25.9. The van der Waals surface area contributed by atoms with Crippen LogP contribution in [0.1, 0.15) is 27.9 Å². The van der Waals surface area contributed by atoms with Crippen molar-refractivity contribution in [1.82, 2.24) is 19.6 Å². The van der Waals surface area contributed by atoms with E-state index < -0.39 is 5.91 Å². The number of carbonyl (C=O) groups excluding carboxylic acids is 1. The van der Waals surface area contributed by atoms with Crippen LogP contribution in [0.3, 0.4) is 0 Å². The molecule has 12 heteroatoms. The molecule has 5 heterocycles. The van der Waals surface area contributed by atoms with Crippen LogP contribution in [-0.2, 0) is 20.6 Å². The topological polar surface area (TPSA) is 138 Å². The summed E-state index contributed by atoms with van der Waals surface area (Å²) >= 11 is 0. The molecule has 47 heavy (non-hydrogen) atoms. The summed E-state index contributed by atoms with van der Waals surface area (Å²) in [5.74, 6) is 1.68. The highest BCUT2D eigenvalue weighted by Crippen LogP contribution is 2.50. The second-order valence-corrected chi connectivity index (χ2v) is 12.1. The summed E-state index contributed by atoms with van der Waals surface area (Å²) in [6.07, 6.45) is 3.73. The van der Waals surface area contributed by atoms with Gasteiger partial charge >= 0.3 is 0 Å². The Labute approximate surface area is 271 Å². The van der Waals surface area contributed by atoms with Crippen LogP contribution in [0.15, 0.2) is 79.1 Å². The highest BCUT2D eigenvalue weighted by atomic mass is 16.7. The summed E-state index contributed by atoms with van der Waals surface area (Å²) < 4.78 is 23.9. The van der Waals surface area contributed by atoms with Gasteiger partial charge in [-0.1, -0.05) is 30.3 Å². The van der Waals surface area contributed by atoms with E-state index in [1.165, 1.54) is 11.8 Å². The fourth-order valence-electron chi connectivity index (χ4n) is 6.71. The number of ether oxygens (including phenoxy) is 4. The fraction of sp³-hybridized carbons (Fsp3) is 0.314. The fourth-order valence-corrected chi connectivity index (χ4v) is 6.71. The predicted octanol–water partition coefficient (Wildman–Crippen LogP) is 4.38. The van der Waals surface area contributed by atoms with Gasteiger partial charge in [-0.2, -0.15) is 0 Å². The molecule has 0 bridgehead atoms. The maximum Gasteiger partial charge on any atom is 0.269 e. The molecule has 2 aromatic carbocycles. The van der Waals surface area contributed by atoms with Crippen molar-refractivity contribution >= 4 is 28.7 Å². The first-order valence-electron chi connectivity index (χ1n) is 15.8. The molecule has 3 fully saturated rings. The van der Waals surface area contributed by atoms with Gasteiger partial charge in [0.15, 0.2) is 17.8 Å². The van der Waals surface area contributed by atoms with Gasteiger partial charge in [0.2, 0.25) is 0 Å². The molecule has 0 spiro atoms. The number of nitrogens with two attached hydrogens (primary N) is 1. The Morgan fingerprint density at radius 2 is 1.83 bits per heavy atom. The van der Waals surface area contributed by atoms with Gasteiger partial charge in [-0.05, 0) is 42.3 Å². The first-order chi connectivity index (χ1) is 23.1. The monoisotopic (exact) mass is 633 g/mol. The number of carbonyl (C=O) groups is 1. The number of aromatic nitrogens is 4. The van der Waals surface area contributed by atoms with Crippen molar-refractivity contribution in [2.75, 3.05) is 50.3 Å². The minimum absolute atomic E-state index is 0.215. The van der Waals surface area contributed by atoms with Gasteiger partial charge in [-0.15, -0.1) is 5.10 Å². The molecular weight excluding hydrogens is 598 g/mol. The van der Waals surface area contributed by atoms with Crippen LogP contribution in [0.2, 0.25) is 0 Å². The van der Waals surface area contributed by atoms with Gasteiger partial charge in [0, 0.05) is 53.5 Å². The number of hydrogen-bond acceptors (Lipinski definition) is 10. The Bertz CT molecular complexity index is 1900.